The van der Waals surface area contributed by atoms with E-state index in [0.717, 1.165) is 11.3 Å². The van der Waals surface area contributed by atoms with Crippen LogP contribution in [0, 0.1) is 0 Å². The minimum Gasteiger partial charge on any atom is -0.0954 e. The zero-order chi connectivity index (χ0) is 8.65. The lowest BCUT2D eigenvalue weighted by molar-refractivity contribution is 0.767. The van der Waals surface area contributed by atoms with Gasteiger partial charge in [-0.2, -0.15) is 0 Å². The van der Waals surface area contributed by atoms with E-state index in [1.54, 1.807) is 0 Å². The second-order valence-corrected chi connectivity index (χ2v) is 8.77. The lowest BCUT2D eigenvalue weighted by Gasteiger charge is -2.34. The summed E-state index contributed by atoms with van der Waals surface area (Å²) < 4.78 is 0. The van der Waals surface area contributed by atoms with Crippen LogP contribution in [-0.2, 0) is 0 Å². The molecule has 0 bridgehead atoms. The highest BCUT2D eigenvalue weighted by atomic mass is 31.1. The van der Waals surface area contributed by atoms with Gasteiger partial charge in [0.05, 0.1) is 0 Å². The molecule has 0 aromatic heterocycles. The molecule has 2 atom stereocenters. The Balaban J connectivity index is 2.69. The van der Waals surface area contributed by atoms with Crippen molar-refractivity contribution in [3.05, 3.63) is 0 Å². The fourth-order valence-corrected chi connectivity index (χ4v) is 6.89. The molecule has 66 valence electrons. The lowest BCUT2D eigenvalue weighted by Crippen LogP contribution is -2.18. The summed E-state index contributed by atoms with van der Waals surface area (Å²) in [6.45, 7) is 12.1. The van der Waals surface area contributed by atoms with Gasteiger partial charge in [0.25, 0.3) is 0 Å². The number of hydrogen-bond acceptors (Lipinski definition) is 0. The number of hydrogen-bond donors (Lipinski definition) is 0. The molecular formula is C10H21P. The van der Waals surface area contributed by atoms with Crippen molar-refractivity contribution in [2.75, 3.05) is 0 Å². The van der Waals surface area contributed by atoms with E-state index in [1.165, 1.54) is 12.8 Å². The molecule has 0 amide bonds. The Labute approximate surface area is 72.5 Å². The SMILES string of the molecule is C[C@H]1CC[C@H](C)P1C(C)(C)C. The Morgan fingerprint density at radius 1 is 1.00 bits per heavy atom. The molecule has 1 heterocycles. The van der Waals surface area contributed by atoms with Gasteiger partial charge in [-0.15, -0.1) is 0 Å². The molecule has 1 saturated heterocycles. The van der Waals surface area contributed by atoms with Crippen LogP contribution in [0.2, 0.25) is 0 Å². The van der Waals surface area contributed by atoms with Crippen molar-refractivity contribution in [1.29, 1.82) is 0 Å². The normalized spacial score (nSPS) is 34.6. The van der Waals surface area contributed by atoms with E-state index in [9.17, 15) is 0 Å². The van der Waals surface area contributed by atoms with Crippen LogP contribution in [0.3, 0.4) is 0 Å². The van der Waals surface area contributed by atoms with E-state index in [2.05, 4.69) is 34.6 Å². The molecule has 0 aromatic rings. The van der Waals surface area contributed by atoms with E-state index < -0.39 is 0 Å². The maximum Gasteiger partial charge on any atom is -0.0175 e. The van der Waals surface area contributed by atoms with Gasteiger partial charge in [-0.05, 0) is 29.3 Å². The molecule has 1 heteroatoms. The van der Waals surface area contributed by atoms with E-state index in [4.69, 9.17) is 0 Å². The third-order valence-corrected chi connectivity index (χ3v) is 6.69. The molecule has 0 aromatic carbocycles. The quantitative estimate of drug-likeness (QED) is 0.487. The predicted octanol–water partition coefficient (Wildman–Crippen LogP) is 3.84. The highest BCUT2D eigenvalue weighted by molar-refractivity contribution is 7.61. The van der Waals surface area contributed by atoms with E-state index >= 15 is 0 Å². The van der Waals surface area contributed by atoms with Crippen LogP contribution < -0.4 is 0 Å². The van der Waals surface area contributed by atoms with E-state index in [1.807, 2.05) is 0 Å². The van der Waals surface area contributed by atoms with Crippen molar-refractivity contribution in [2.24, 2.45) is 0 Å². The standard InChI is InChI=1S/C10H21P/c1-8-6-7-9(2)11(8)10(3,4)5/h8-9H,6-7H2,1-5H3/t8-,9-/m0/s1. The molecule has 0 unspecified atom stereocenters. The van der Waals surface area contributed by atoms with E-state index in [0.29, 0.717) is 13.1 Å². The van der Waals surface area contributed by atoms with Crippen LogP contribution in [-0.4, -0.2) is 16.5 Å². The summed E-state index contributed by atoms with van der Waals surface area (Å²) in [5.41, 5.74) is 2.03. The maximum absolute atomic E-state index is 2.44. The van der Waals surface area contributed by atoms with Crippen LogP contribution in [0.5, 0.6) is 0 Å². The second-order valence-electron chi connectivity index (χ2n) is 4.85. The maximum atomic E-state index is 2.44. The van der Waals surface area contributed by atoms with Crippen molar-refractivity contribution >= 4 is 7.92 Å². The smallest absolute Gasteiger partial charge is 0.0175 e. The minimum atomic E-state index is 0.291. The van der Waals surface area contributed by atoms with Gasteiger partial charge < -0.3 is 0 Å². The lowest BCUT2D eigenvalue weighted by atomic mass is 10.2. The Bertz CT molecular complexity index is 124. The molecule has 1 aliphatic heterocycles. The monoisotopic (exact) mass is 172 g/mol. The van der Waals surface area contributed by atoms with Crippen molar-refractivity contribution < 1.29 is 0 Å². The van der Waals surface area contributed by atoms with Gasteiger partial charge in [-0.1, -0.05) is 42.5 Å². The average Bonchev–Trinajstić information content (AvgIpc) is 2.08. The Kier molecular flexibility index (Phi) is 2.64. The third-order valence-electron chi connectivity index (χ3n) is 2.73. The van der Waals surface area contributed by atoms with Crippen molar-refractivity contribution in [2.45, 2.75) is 63.9 Å². The molecule has 0 aliphatic carbocycles. The molecule has 0 spiro atoms. The first-order chi connectivity index (χ1) is 4.93. The van der Waals surface area contributed by atoms with Gasteiger partial charge in [0.2, 0.25) is 0 Å². The largest absolute Gasteiger partial charge is 0.0954 e. The summed E-state index contributed by atoms with van der Waals surface area (Å²) in [7, 11) is 0.291. The van der Waals surface area contributed by atoms with Crippen LogP contribution in [0.25, 0.3) is 0 Å². The molecular weight excluding hydrogens is 151 g/mol. The first-order valence-electron chi connectivity index (χ1n) is 4.71. The van der Waals surface area contributed by atoms with Gasteiger partial charge in [0.1, 0.15) is 0 Å². The summed E-state index contributed by atoms with van der Waals surface area (Å²) in [4.78, 5) is 0. The zero-order valence-electron chi connectivity index (χ0n) is 8.52. The van der Waals surface area contributed by atoms with Crippen LogP contribution in [0.15, 0.2) is 0 Å². The Hall–Kier alpha value is 0.430. The van der Waals surface area contributed by atoms with Crippen LogP contribution >= 0.6 is 7.92 Å². The molecule has 0 N–H and O–H groups in total. The Morgan fingerprint density at radius 3 is 1.55 bits per heavy atom. The van der Waals surface area contributed by atoms with Crippen molar-refractivity contribution in [1.82, 2.24) is 0 Å². The molecule has 0 nitrogen and oxygen atoms in total. The summed E-state index contributed by atoms with van der Waals surface area (Å²) in [5, 5.41) is 0.588. The topological polar surface area (TPSA) is 0 Å². The van der Waals surface area contributed by atoms with Crippen LogP contribution in [0.4, 0.5) is 0 Å². The zero-order valence-corrected chi connectivity index (χ0v) is 9.41. The molecule has 1 aliphatic rings. The molecule has 1 rings (SSSR count). The van der Waals surface area contributed by atoms with E-state index in [-0.39, 0.29) is 0 Å². The van der Waals surface area contributed by atoms with Gasteiger partial charge in [-0.3, -0.25) is 0 Å². The van der Waals surface area contributed by atoms with Gasteiger partial charge in [0.15, 0.2) is 0 Å². The third kappa shape index (κ3) is 1.96. The fraction of sp³-hybridized carbons (Fsp3) is 1.00. The fourth-order valence-electron chi connectivity index (χ4n) is 2.52. The summed E-state index contributed by atoms with van der Waals surface area (Å²) in [6.07, 6.45) is 2.95. The second kappa shape index (κ2) is 3.05. The highest BCUT2D eigenvalue weighted by Crippen LogP contribution is 2.63. The van der Waals surface area contributed by atoms with Gasteiger partial charge in [-0.25, -0.2) is 0 Å². The molecule has 11 heavy (non-hydrogen) atoms. The summed E-state index contributed by atoms with van der Waals surface area (Å²) >= 11 is 0. The van der Waals surface area contributed by atoms with Gasteiger partial charge >= 0.3 is 0 Å². The first kappa shape index (κ1) is 9.52. The summed E-state index contributed by atoms with van der Waals surface area (Å²) in [5.74, 6) is 0. The molecule has 0 radical (unpaired) electrons. The van der Waals surface area contributed by atoms with Crippen molar-refractivity contribution in [3.63, 3.8) is 0 Å². The first-order valence-corrected chi connectivity index (χ1v) is 6.19. The predicted molar refractivity (Wildman–Crippen MR) is 54.8 cm³/mol. The molecule has 1 fully saturated rings. The van der Waals surface area contributed by atoms with Crippen molar-refractivity contribution in [3.8, 4) is 0 Å². The molecule has 0 saturated carbocycles. The summed E-state index contributed by atoms with van der Waals surface area (Å²) in [6, 6.07) is 0. The number of rotatable bonds is 0. The van der Waals surface area contributed by atoms with Gasteiger partial charge in [0, 0.05) is 0 Å². The highest BCUT2D eigenvalue weighted by Gasteiger charge is 2.37. The average molecular weight is 172 g/mol. The Morgan fingerprint density at radius 2 is 1.36 bits per heavy atom. The minimum absolute atomic E-state index is 0.291. The van der Waals surface area contributed by atoms with Crippen LogP contribution in [0.1, 0.15) is 47.5 Å².